The van der Waals surface area contributed by atoms with E-state index in [1.165, 1.54) is 17.5 Å². The van der Waals surface area contributed by atoms with Crippen molar-refractivity contribution in [1.82, 2.24) is 14.8 Å². The first-order valence-corrected chi connectivity index (χ1v) is 11.3. The Kier molecular flexibility index (Phi) is 4.96. The van der Waals surface area contributed by atoms with Crippen LogP contribution in [0, 0.1) is 13.8 Å². The summed E-state index contributed by atoms with van der Waals surface area (Å²) in [4.78, 5) is 40.1. The molecule has 5 rings (SSSR count). The second-order valence-electron chi connectivity index (χ2n) is 9.16. The average molecular weight is 442 g/mol. The molecule has 33 heavy (non-hydrogen) atoms. The number of hydrogen-bond donors (Lipinski definition) is 1. The molecule has 1 saturated heterocycles. The molecule has 0 radical (unpaired) electrons. The van der Waals surface area contributed by atoms with Gasteiger partial charge in [0, 0.05) is 22.6 Å². The maximum Gasteiger partial charge on any atom is 0.325 e. The highest BCUT2D eigenvalue weighted by molar-refractivity contribution is 6.11. The summed E-state index contributed by atoms with van der Waals surface area (Å²) in [6.45, 7) is 5.26. The lowest BCUT2D eigenvalue weighted by atomic mass is 9.92. The van der Waals surface area contributed by atoms with Crippen molar-refractivity contribution in [3.8, 4) is 5.69 Å². The summed E-state index contributed by atoms with van der Waals surface area (Å²) in [7, 11) is 0. The summed E-state index contributed by atoms with van der Waals surface area (Å²) in [6, 6.07) is 16.9. The molecular weight excluding hydrogens is 414 g/mol. The minimum atomic E-state index is -1.18. The lowest BCUT2D eigenvalue weighted by Crippen LogP contribution is -2.41. The van der Waals surface area contributed by atoms with E-state index in [0.717, 1.165) is 34.8 Å². The number of nitrogens with zero attached hydrogens (tertiary/aromatic N) is 2. The van der Waals surface area contributed by atoms with Crippen molar-refractivity contribution >= 4 is 17.7 Å². The van der Waals surface area contributed by atoms with Gasteiger partial charge in [-0.1, -0.05) is 36.4 Å². The van der Waals surface area contributed by atoms with Gasteiger partial charge in [-0.05, 0) is 74.9 Å². The largest absolute Gasteiger partial charge is 0.325 e. The fraction of sp³-hybridized carbons (Fsp3) is 0.296. The maximum atomic E-state index is 13.3. The van der Waals surface area contributed by atoms with Gasteiger partial charge in [0.25, 0.3) is 5.91 Å². The zero-order valence-corrected chi connectivity index (χ0v) is 19.1. The van der Waals surface area contributed by atoms with Crippen LogP contribution in [0.1, 0.15) is 51.8 Å². The summed E-state index contributed by atoms with van der Waals surface area (Å²) in [5, 5.41) is 2.76. The molecule has 1 aliphatic carbocycles. The fourth-order valence-corrected chi connectivity index (χ4v) is 5.18. The average Bonchev–Trinajstić information content (AvgIpc) is 3.45. The quantitative estimate of drug-likeness (QED) is 0.476. The second-order valence-corrected chi connectivity index (χ2v) is 9.16. The second kappa shape index (κ2) is 7.73. The molecule has 3 amide bonds. The highest BCUT2D eigenvalue weighted by atomic mass is 16.2. The molecule has 6 nitrogen and oxygen atoms in total. The molecule has 1 atom stereocenters. The number of Topliss-reactive ketones (excluding diaryl/α,β-unsaturated/α-hetero) is 1. The Morgan fingerprint density at radius 1 is 1.00 bits per heavy atom. The topological polar surface area (TPSA) is 71.4 Å². The number of hydrogen-bond acceptors (Lipinski definition) is 3. The highest BCUT2D eigenvalue weighted by Gasteiger charge is 2.49. The number of urea groups is 1. The predicted molar refractivity (Wildman–Crippen MR) is 126 cm³/mol. The summed E-state index contributed by atoms with van der Waals surface area (Å²) in [5.74, 6) is -0.671. The molecule has 1 N–H and O–H groups in total. The lowest BCUT2D eigenvalue weighted by molar-refractivity contribution is -0.130. The van der Waals surface area contributed by atoms with E-state index in [1.54, 1.807) is 19.1 Å². The van der Waals surface area contributed by atoms with E-state index in [0.29, 0.717) is 11.1 Å². The van der Waals surface area contributed by atoms with Crippen molar-refractivity contribution in [2.24, 2.45) is 0 Å². The fourth-order valence-electron chi connectivity index (χ4n) is 5.18. The number of imide groups is 1. The van der Waals surface area contributed by atoms with Crippen LogP contribution in [0.5, 0.6) is 0 Å². The summed E-state index contributed by atoms with van der Waals surface area (Å²) in [5.41, 5.74) is 5.60. The first kappa shape index (κ1) is 21.2. The number of aryl methyl sites for hydroxylation is 3. The predicted octanol–water partition coefficient (Wildman–Crippen LogP) is 4.23. The molecule has 2 aromatic carbocycles. The maximum absolute atomic E-state index is 13.3. The molecule has 168 valence electrons. The molecule has 0 unspecified atom stereocenters. The van der Waals surface area contributed by atoms with E-state index >= 15 is 0 Å². The number of ketones is 1. The van der Waals surface area contributed by atoms with Crippen LogP contribution in [0.15, 0.2) is 54.6 Å². The number of amides is 3. The summed E-state index contributed by atoms with van der Waals surface area (Å²) >= 11 is 0. The summed E-state index contributed by atoms with van der Waals surface area (Å²) < 4.78 is 2.08. The van der Waals surface area contributed by atoms with Gasteiger partial charge in [-0.15, -0.1) is 0 Å². The lowest BCUT2D eigenvalue weighted by Gasteiger charge is -2.22. The molecule has 1 aliphatic heterocycles. The van der Waals surface area contributed by atoms with Crippen molar-refractivity contribution in [1.29, 1.82) is 0 Å². The minimum absolute atomic E-state index is 0.253. The van der Waals surface area contributed by atoms with Crippen LogP contribution in [0.2, 0.25) is 0 Å². The van der Waals surface area contributed by atoms with Gasteiger partial charge >= 0.3 is 6.03 Å². The normalized spacial score (nSPS) is 19.7. The van der Waals surface area contributed by atoms with E-state index in [1.807, 2.05) is 38.1 Å². The van der Waals surface area contributed by atoms with Gasteiger partial charge in [0.2, 0.25) is 0 Å². The van der Waals surface area contributed by atoms with Crippen molar-refractivity contribution in [3.63, 3.8) is 0 Å². The number of rotatable bonds is 5. The molecule has 0 spiro atoms. The summed E-state index contributed by atoms with van der Waals surface area (Å²) in [6.07, 6.45) is 3.39. The molecule has 6 heteroatoms. The van der Waals surface area contributed by atoms with E-state index in [2.05, 4.69) is 28.1 Å². The first-order valence-electron chi connectivity index (χ1n) is 11.3. The van der Waals surface area contributed by atoms with Gasteiger partial charge in [-0.25, -0.2) is 4.79 Å². The van der Waals surface area contributed by atoms with Gasteiger partial charge in [0.15, 0.2) is 5.78 Å². The third kappa shape index (κ3) is 3.37. The van der Waals surface area contributed by atoms with Crippen LogP contribution < -0.4 is 5.32 Å². The first-order chi connectivity index (χ1) is 15.8. The van der Waals surface area contributed by atoms with E-state index in [9.17, 15) is 14.4 Å². The molecule has 1 fully saturated rings. The molecular formula is C27H27N3O3. The molecule has 1 aromatic heterocycles. The third-order valence-electron chi connectivity index (χ3n) is 7.00. The van der Waals surface area contributed by atoms with Gasteiger partial charge in [-0.3, -0.25) is 14.5 Å². The van der Waals surface area contributed by atoms with Crippen molar-refractivity contribution < 1.29 is 14.4 Å². The van der Waals surface area contributed by atoms with Gasteiger partial charge in [0.1, 0.15) is 5.54 Å². The Labute approximate surface area is 193 Å². The molecule has 3 aromatic rings. The number of carbonyl (C=O) groups excluding carboxylic acids is 3. The third-order valence-corrected chi connectivity index (χ3v) is 7.00. The van der Waals surface area contributed by atoms with E-state index < -0.39 is 17.5 Å². The number of fused-ring (bicyclic) bond motifs is 1. The van der Waals surface area contributed by atoms with Crippen LogP contribution in [-0.2, 0) is 23.2 Å². The van der Waals surface area contributed by atoms with E-state index in [4.69, 9.17) is 0 Å². The van der Waals surface area contributed by atoms with Gasteiger partial charge < -0.3 is 9.88 Å². The number of benzene rings is 2. The molecule has 0 bridgehead atoms. The van der Waals surface area contributed by atoms with Crippen LogP contribution in [0.25, 0.3) is 5.69 Å². The van der Waals surface area contributed by atoms with Crippen LogP contribution in [0.4, 0.5) is 4.79 Å². The molecule has 2 heterocycles. The Hall–Kier alpha value is -3.67. The molecule has 2 aliphatic rings. The molecule has 0 saturated carbocycles. The van der Waals surface area contributed by atoms with Crippen LogP contribution in [-0.4, -0.2) is 33.7 Å². The zero-order chi connectivity index (χ0) is 23.3. The number of aromatic nitrogens is 1. The van der Waals surface area contributed by atoms with Crippen molar-refractivity contribution in [3.05, 3.63) is 88.2 Å². The van der Waals surface area contributed by atoms with Crippen molar-refractivity contribution in [2.45, 2.75) is 45.6 Å². The van der Waals surface area contributed by atoms with Crippen LogP contribution in [0.3, 0.4) is 0 Å². The zero-order valence-electron chi connectivity index (χ0n) is 19.1. The number of nitrogens with one attached hydrogen (secondary N) is 1. The minimum Gasteiger partial charge on any atom is -0.319 e. The Morgan fingerprint density at radius 3 is 2.48 bits per heavy atom. The number of carbonyl (C=O) groups is 3. The Morgan fingerprint density at radius 2 is 1.73 bits per heavy atom. The Bertz CT molecular complexity index is 1290. The van der Waals surface area contributed by atoms with Crippen LogP contribution >= 0.6 is 0 Å². The smallest absolute Gasteiger partial charge is 0.319 e. The highest BCUT2D eigenvalue weighted by Crippen LogP contribution is 2.30. The monoisotopic (exact) mass is 441 g/mol. The van der Waals surface area contributed by atoms with E-state index in [-0.39, 0.29) is 12.3 Å². The SMILES string of the molecule is Cc1cc(C(=O)CN2C(=O)N[C@@](C)(c3ccccc3)C2=O)c(C)n1-c1ccc2c(c1)CCC2. The van der Waals surface area contributed by atoms with Gasteiger partial charge in [-0.2, -0.15) is 0 Å². The standard InChI is InChI=1S/C27H27N3O3/c1-17-14-23(18(2)30(17)22-13-12-19-8-7-9-20(19)15-22)24(31)16-29-25(32)27(3,28-26(29)33)21-10-5-4-6-11-21/h4-6,10-15H,7-9,16H2,1-3H3,(H,28,33)/t27-/m0/s1. The van der Waals surface area contributed by atoms with Gasteiger partial charge in [0.05, 0.1) is 6.54 Å². The Balaban J connectivity index is 1.41. The van der Waals surface area contributed by atoms with Crippen molar-refractivity contribution in [2.75, 3.05) is 6.54 Å².